The largest absolute Gasteiger partial charge is 0.347 e. The van der Waals surface area contributed by atoms with Crippen molar-refractivity contribution in [3.05, 3.63) is 39.3 Å². The van der Waals surface area contributed by atoms with Crippen molar-refractivity contribution in [2.45, 2.75) is 58.7 Å². The van der Waals surface area contributed by atoms with Gasteiger partial charge in [-0.2, -0.15) is 0 Å². The highest BCUT2D eigenvalue weighted by Crippen LogP contribution is 2.21. The third-order valence-corrected chi connectivity index (χ3v) is 6.05. The van der Waals surface area contributed by atoms with Crippen molar-refractivity contribution in [2.75, 3.05) is 0 Å². The minimum absolute atomic E-state index is 0.0555. The highest BCUT2D eigenvalue weighted by Gasteiger charge is 2.16. The summed E-state index contributed by atoms with van der Waals surface area (Å²) >= 11 is 1.52. The van der Waals surface area contributed by atoms with Crippen molar-refractivity contribution >= 4 is 27.5 Å². The van der Waals surface area contributed by atoms with E-state index in [0.29, 0.717) is 11.9 Å². The summed E-state index contributed by atoms with van der Waals surface area (Å²) in [7, 11) is 0. The molecule has 1 N–H and O–H groups in total. The summed E-state index contributed by atoms with van der Waals surface area (Å²) in [4.78, 5) is 31.1. The summed E-state index contributed by atoms with van der Waals surface area (Å²) in [5.74, 6) is 1.52. The average Bonchev–Trinajstić information content (AvgIpc) is 3.19. The molecule has 4 heterocycles. The Balaban J connectivity index is 1.44. The van der Waals surface area contributed by atoms with Gasteiger partial charge in [-0.25, -0.2) is 4.98 Å². The van der Waals surface area contributed by atoms with Crippen LogP contribution in [0.3, 0.4) is 0 Å². The van der Waals surface area contributed by atoms with Gasteiger partial charge < -0.3 is 9.88 Å². The molecule has 0 atom stereocenters. The standard InChI is InChI=1S/C18H22N6O2S/c1-2-12-8-13-17(27-12)20-11-23(18(13)26)10-16(25)19-9-15-22-21-14-6-4-3-5-7-24(14)15/h8,11H,2-7,9-10H2,1H3,(H,19,25). The van der Waals surface area contributed by atoms with Crippen molar-refractivity contribution in [1.29, 1.82) is 0 Å². The molecule has 3 aromatic rings. The van der Waals surface area contributed by atoms with E-state index in [0.717, 1.165) is 53.6 Å². The molecule has 0 aliphatic carbocycles. The first-order valence-electron chi connectivity index (χ1n) is 9.31. The number of hydrogen-bond donors (Lipinski definition) is 1. The van der Waals surface area contributed by atoms with Gasteiger partial charge in [-0.05, 0) is 25.3 Å². The van der Waals surface area contributed by atoms with Crippen LogP contribution in [-0.2, 0) is 37.3 Å². The molecule has 9 heteroatoms. The number of fused-ring (bicyclic) bond motifs is 2. The van der Waals surface area contributed by atoms with Gasteiger partial charge in [0.1, 0.15) is 17.2 Å². The molecule has 142 valence electrons. The van der Waals surface area contributed by atoms with Crippen molar-refractivity contribution in [2.24, 2.45) is 0 Å². The van der Waals surface area contributed by atoms with Gasteiger partial charge in [-0.1, -0.05) is 13.3 Å². The number of carbonyl (C=O) groups is 1. The van der Waals surface area contributed by atoms with Crippen LogP contribution in [-0.4, -0.2) is 30.2 Å². The number of carbonyl (C=O) groups excluding carboxylic acids is 1. The Kier molecular flexibility index (Phi) is 5.02. The molecule has 3 aromatic heterocycles. The normalized spacial score (nSPS) is 14.1. The summed E-state index contributed by atoms with van der Waals surface area (Å²) in [5.41, 5.74) is -0.178. The van der Waals surface area contributed by atoms with Crippen molar-refractivity contribution in [3.8, 4) is 0 Å². The number of rotatable bonds is 5. The molecule has 4 rings (SSSR count). The van der Waals surface area contributed by atoms with Gasteiger partial charge in [0.2, 0.25) is 5.91 Å². The lowest BCUT2D eigenvalue weighted by molar-refractivity contribution is -0.121. The predicted molar refractivity (Wildman–Crippen MR) is 103 cm³/mol. The van der Waals surface area contributed by atoms with Gasteiger partial charge in [0.25, 0.3) is 5.56 Å². The lowest BCUT2D eigenvalue weighted by atomic mass is 10.2. The molecule has 0 saturated carbocycles. The van der Waals surface area contributed by atoms with Crippen molar-refractivity contribution < 1.29 is 4.79 Å². The van der Waals surface area contributed by atoms with Crippen LogP contribution in [0.5, 0.6) is 0 Å². The Labute approximate surface area is 160 Å². The molecule has 0 radical (unpaired) electrons. The van der Waals surface area contributed by atoms with E-state index in [-0.39, 0.29) is 18.0 Å². The van der Waals surface area contributed by atoms with Gasteiger partial charge in [-0.3, -0.25) is 14.2 Å². The molecule has 1 aliphatic heterocycles. The van der Waals surface area contributed by atoms with Gasteiger partial charge in [-0.15, -0.1) is 21.5 Å². The third-order valence-electron chi connectivity index (χ3n) is 4.86. The van der Waals surface area contributed by atoms with Crippen molar-refractivity contribution in [3.63, 3.8) is 0 Å². The first kappa shape index (κ1) is 17.8. The second-order valence-corrected chi connectivity index (χ2v) is 7.85. The van der Waals surface area contributed by atoms with E-state index in [2.05, 4.69) is 25.1 Å². The quantitative estimate of drug-likeness (QED) is 0.720. The van der Waals surface area contributed by atoms with Gasteiger partial charge in [0, 0.05) is 17.8 Å². The van der Waals surface area contributed by atoms with E-state index in [9.17, 15) is 9.59 Å². The molecule has 0 bridgehead atoms. The zero-order valence-corrected chi connectivity index (χ0v) is 16.1. The van der Waals surface area contributed by atoms with Gasteiger partial charge in [0.05, 0.1) is 18.3 Å². The number of aromatic nitrogens is 5. The molecule has 0 aromatic carbocycles. The zero-order chi connectivity index (χ0) is 18.8. The average molecular weight is 386 g/mol. The Morgan fingerprint density at radius 3 is 3.04 bits per heavy atom. The number of hydrogen-bond acceptors (Lipinski definition) is 6. The lowest BCUT2D eigenvalue weighted by Crippen LogP contribution is -2.32. The molecule has 0 saturated heterocycles. The lowest BCUT2D eigenvalue weighted by Gasteiger charge is -2.09. The van der Waals surface area contributed by atoms with Crippen LogP contribution in [0, 0.1) is 0 Å². The first-order valence-corrected chi connectivity index (χ1v) is 10.1. The van der Waals surface area contributed by atoms with E-state index in [1.54, 1.807) is 0 Å². The number of amides is 1. The second kappa shape index (κ2) is 7.59. The summed E-state index contributed by atoms with van der Waals surface area (Å²) in [6.07, 6.45) is 6.67. The summed E-state index contributed by atoms with van der Waals surface area (Å²) in [6.45, 7) is 3.20. The number of aryl methyl sites for hydroxylation is 2. The van der Waals surface area contributed by atoms with Crippen LogP contribution in [0.15, 0.2) is 17.2 Å². The van der Waals surface area contributed by atoms with E-state index in [1.807, 2.05) is 13.0 Å². The number of nitrogens with zero attached hydrogens (tertiary/aromatic N) is 5. The van der Waals surface area contributed by atoms with Gasteiger partial charge in [0.15, 0.2) is 5.82 Å². The van der Waals surface area contributed by atoms with Crippen LogP contribution in [0.25, 0.3) is 10.2 Å². The van der Waals surface area contributed by atoms with E-state index in [1.165, 1.54) is 28.7 Å². The predicted octanol–water partition coefficient (Wildman–Crippen LogP) is 1.65. The summed E-state index contributed by atoms with van der Waals surface area (Å²) in [5, 5.41) is 11.9. The summed E-state index contributed by atoms with van der Waals surface area (Å²) in [6, 6.07) is 1.87. The minimum Gasteiger partial charge on any atom is -0.347 e. The zero-order valence-electron chi connectivity index (χ0n) is 15.3. The third kappa shape index (κ3) is 3.64. The molecule has 0 fully saturated rings. The maximum atomic E-state index is 12.6. The Morgan fingerprint density at radius 2 is 2.19 bits per heavy atom. The molecule has 1 amide bonds. The fourth-order valence-corrected chi connectivity index (χ4v) is 4.29. The SMILES string of the molecule is CCc1cc2c(=O)n(CC(=O)NCc3nnc4n3CCCCC4)cnc2s1. The van der Waals surface area contributed by atoms with E-state index < -0.39 is 0 Å². The fourth-order valence-electron chi connectivity index (χ4n) is 3.36. The molecule has 0 unspecified atom stereocenters. The molecule has 8 nitrogen and oxygen atoms in total. The second-order valence-electron chi connectivity index (χ2n) is 6.73. The van der Waals surface area contributed by atoms with Crippen molar-refractivity contribution in [1.82, 2.24) is 29.6 Å². The van der Waals surface area contributed by atoms with E-state index in [4.69, 9.17) is 0 Å². The van der Waals surface area contributed by atoms with Crippen LogP contribution in [0.1, 0.15) is 42.7 Å². The fraction of sp³-hybridized carbons (Fsp3) is 0.500. The Hall–Kier alpha value is -2.55. The number of thiophene rings is 1. The summed E-state index contributed by atoms with van der Waals surface area (Å²) < 4.78 is 3.46. The smallest absolute Gasteiger partial charge is 0.262 e. The van der Waals surface area contributed by atoms with Crippen LogP contribution in [0.2, 0.25) is 0 Å². The topological polar surface area (TPSA) is 94.7 Å². The molecular formula is C18H22N6O2S. The first-order chi connectivity index (χ1) is 13.2. The minimum atomic E-state index is -0.241. The highest BCUT2D eigenvalue weighted by molar-refractivity contribution is 7.18. The highest BCUT2D eigenvalue weighted by atomic mass is 32.1. The van der Waals surface area contributed by atoms with Gasteiger partial charge >= 0.3 is 0 Å². The van der Waals surface area contributed by atoms with E-state index >= 15 is 0 Å². The van der Waals surface area contributed by atoms with Crippen LogP contribution >= 0.6 is 11.3 Å². The molecule has 27 heavy (non-hydrogen) atoms. The monoisotopic (exact) mass is 386 g/mol. The Bertz CT molecular complexity index is 1030. The van der Waals surface area contributed by atoms with Crippen LogP contribution in [0.4, 0.5) is 0 Å². The maximum Gasteiger partial charge on any atom is 0.262 e. The molecule has 0 spiro atoms. The molecule has 1 aliphatic rings. The maximum absolute atomic E-state index is 12.6. The molecular weight excluding hydrogens is 364 g/mol. The van der Waals surface area contributed by atoms with Crippen LogP contribution < -0.4 is 10.9 Å². The number of nitrogens with one attached hydrogen (secondary N) is 1. The Morgan fingerprint density at radius 1 is 1.30 bits per heavy atom.